The van der Waals surface area contributed by atoms with Crippen molar-refractivity contribution in [2.75, 3.05) is 6.54 Å². The van der Waals surface area contributed by atoms with Crippen LogP contribution in [0.15, 0.2) is 30.3 Å². The zero-order valence-electron chi connectivity index (χ0n) is 10.6. The van der Waals surface area contributed by atoms with E-state index in [1.807, 2.05) is 13.8 Å². The van der Waals surface area contributed by atoms with Crippen molar-refractivity contribution in [2.24, 2.45) is 0 Å². The molecule has 0 aliphatic rings. The van der Waals surface area contributed by atoms with Crippen LogP contribution in [0, 0.1) is 0 Å². The minimum absolute atomic E-state index is 0.217. The molecule has 4 heteroatoms. The zero-order chi connectivity index (χ0) is 13.6. The van der Waals surface area contributed by atoms with Crippen molar-refractivity contribution < 1.29 is 13.2 Å². The van der Waals surface area contributed by atoms with Gasteiger partial charge in [0.15, 0.2) is 0 Å². The Kier molecular flexibility index (Phi) is 5.41. The maximum Gasteiger partial charge on any atom is 0.416 e. The van der Waals surface area contributed by atoms with Crippen molar-refractivity contribution in [3.8, 4) is 0 Å². The number of benzene rings is 1. The first kappa shape index (κ1) is 14.8. The van der Waals surface area contributed by atoms with Crippen LogP contribution in [-0.4, -0.2) is 12.6 Å². The number of rotatable bonds is 5. The van der Waals surface area contributed by atoms with E-state index in [1.54, 1.807) is 12.1 Å². The van der Waals surface area contributed by atoms with Gasteiger partial charge in [0.25, 0.3) is 0 Å². The quantitative estimate of drug-likeness (QED) is 0.783. The summed E-state index contributed by atoms with van der Waals surface area (Å²) in [6.07, 6.45) is -0.285. The van der Waals surface area contributed by atoms with Gasteiger partial charge in [-0.3, -0.25) is 0 Å². The Bertz CT molecular complexity index is 394. The molecule has 0 saturated heterocycles. The van der Waals surface area contributed by atoms with Crippen LogP contribution >= 0.6 is 0 Å². The summed E-state index contributed by atoms with van der Waals surface area (Å²) in [7, 11) is 0. The second kappa shape index (κ2) is 6.59. The maximum absolute atomic E-state index is 12.7. The van der Waals surface area contributed by atoms with E-state index in [2.05, 4.69) is 5.32 Å². The smallest absolute Gasteiger partial charge is 0.314 e. The Hall–Kier alpha value is -1.29. The van der Waals surface area contributed by atoms with Crippen molar-refractivity contribution in [3.63, 3.8) is 0 Å². The number of hydrogen-bond acceptors (Lipinski definition) is 1. The standard InChI is InChI=1S/C14H18F3N/c1-11(2)18-10-6-5-8-12-7-3-4-9-13(12)14(15,16)17/h3-5,7-9,11,18H,6,10H2,1-2H3. The number of halogens is 3. The van der Waals surface area contributed by atoms with E-state index < -0.39 is 11.7 Å². The third-order valence-corrected chi connectivity index (χ3v) is 2.43. The van der Waals surface area contributed by atoms with Crippen LogP contribution in [0.3, 0.4) is 0 Å². The molecule has 1 aromatic rings. The lowest BCUT2D eigenvalue weighted by Crippen LogP contribution is -2.23. The average Bonchev–Trinajstić information content (AvgIpc) is 2.27. The van der Waals surface area contributed by atoms with Gasteiger partial charge in [-0.2, -0.15) is 13.2 Å². The normalized spacial score (nSPS) is 12.6. The molecule has 0 fully saturated rings. The largest absolute Gasteiger partial charge is 0.416 e. The first-order valence-corrected chi connectivity index (χ1v) is 5.97. The Morgan fingerprint density at radius 3 is 2.50 bits per heavy atom. The minimum Gasteiger partial charge on any atom is -0.314 e. The Morgan fingerprint density at radius 2 is 1.89 bits per heavy atom. The van der Waals surface area contributed by atoms with Crippen LogP contribution in [0.2, 0.25) is 0 Å². The van der Waals surface area contributed by atoms with E-state index in [0.29, 0.717) is 12.5 Å². The summed E-state index contributed by atoms with van der Waals surface area (Å²) in [4.78, 5) is 0. The molecule has 0 saturated carbocycles. The highest BCUT2D eigenvalue weighted by Crippen LogP contribution is 2.32. The molecule has 0 amide bonds. The van der Waals surface area contributed by atoms with Crippen molar-refractivity contribution in [2.45, 2.75) is 32.5 Å². The third kappa shape index (κ3) is 4.92. The molecule has 0 heterocycles. The molecule has 1 aromatic carbocycles. The van der Waals surface area contributed by atoms with Gasteiger partial charge < -0.3 is 5.32 Å². The monoisotopic (exact) mass is 257 g/mol. The van der Waals surface area contributed by atoms with Gasteiger partial charge in [0.05, 0.1) is 5.56 Å². The molecule has 0 spiro atoms. The van der Waals surface area contributed by atoms with Crippen molar-refractivity contribution in [1.82, 2.24) is 5.32 Å². The van der Waals surface area contributed by atoms with Crippen LogP contribution in [0.1, 0.15) is 31.4 Å². The summed E-state index contributed by atoms with van der Waals surface area (Å²) in [6.45, 7) is 4.83. The molecular weight excluding hydrogens is 239 g/mol. The molecule has 0 aliphatic carbocycles. The van der Waals surface area contributed by atoms with E-state index in [1.165, 1.54) is 18.2 Å². The summed E-state index contributed by atoms with van der Waals surface area (Å²) in [5.74, 6) is 0. The summed E-state index contributed by atoms with van der Waals surface area (Å²) < 4.78 is 38.0. The Morgan fingerprint density at radius 1 is 1.22 bits per heavy atom. The lowest BCUT2D eigenvalue weighted by Gasteiger charge is -2.09. The fourth-order valence-electron chi connectivity index (χ4n) is 1.57. The van der Waals surface area contributed by atoms with E-state index >= 15 is 0 Å². The van der Waals surface area contributed by atoms with Crippen molar-refractivity contribution in [3.05, 3.63) is 41.5 Å². The molecule has 0 aliphatic heterocycles. The van der Waals surface area contributed by atoms with Gasteiger partial charge in [-0.1, -0.05) is 44.2 Å². The van der Waals surface area contributed by atoms with Crippen LogP contribution in [-0.2, 0) is 6.18 Å². The Balaban J connectivity index is 2.64. The van der Waals surface area contributed by atoms with E-state index in [9.17, 15) is 13.2 Å². The number of hydrogen-bond donors (Lipinski definition) is 1. The third-order valence-electron chi connectivity index (χ3n) is 2.43. The van der Waals surface area contributed by atoms with Gasteiger partial charge in [0, 0.05) is 6.04 Å². The lowest BCUT2D eigenvalue weighted by atomic mass is 10.1. The van der Waals surface area contributed by atoms with Crippen LogP contribution in [0.25, 0.3) is 6.08 Å². The number of alkyl halides is 3. The molecular formula is C14H18F3N. The molecule has 1 rings (SSSR count). The maximum atomic E-state index is 12.7. The molecule has 1 nitrogen and oxygen atoms in total. The summed E-state index contributed by atoms with van der Waals surface area (Å²) in [5.41, 5.74) is -0.368. The molecule has 0 aromatic heterocycles. The second-order valence-corrected chi connectivity index (χ2v) is 4.38. The van der Waals surface area contributed by atoms with Gasteiger partial charge in [-0.05, 0) is 24.6 Å². The molecule has 18 heavy (non-hydrogen) atoms. The van der Waals surface area contributed by atoms with Crippen LogP contribution < -0.4 is 5.32 Å². The van der Waals surface area contributed by atoms with Gasteiger partial charge in [-0.15, -0.1) is 0 Å². The van der Waals surface area contributed by atoms with E-state index in [0.717, 1.165) is 12.6 Å². The molecule has 0 radical (unpaired) electrons. The first-order chi connectivity index (χ1) is 8.41. The highest BCUT2D eigenvalue weighted by molar-refractivity contribution is 5.54. The average molecular weight is 257 g/mol. The minimum atomic E-state index is -4.29. The topological polar surface area (TPSA) is 12.0 Å². The first-order valence-electron chi connectivity index (χ1n) is 5.97. The summed E-state index contributed by atoms with van der Waals surface area (Å²) in [5, 5.41) is 3.20. The van der Waals surface area contributed by atoms with Crippen molar-refractivity contribution in [1.29, 1.82) is 0 Å². The highest BCUT2D eigenvalue weighted by Gasteiger charge is 2.32. The Labute approximate surface area is 106 Å². The summed E-state index contributed by atoms with van der Waals surface area (Å²) >= 11 is 0. The SMILES string of the molecule is CC(C)NCCC=Cc1ccccc1C(F)(F)F. The second-order valence-electron chi connectivity index (χ2n) is 4.38. The lowest BCUT2D eigenvalue weighted by molar-refractivity contribution is -0.137. The van der Waals surface area contributed by atoms with Crippen LogP contribution in [0.5, 0.6) is 0 Å². The molecule has 100 valence electrons. The van der Waals surface area contributed by atoms with Crippen LogP contribution in [0.4, 0.5) is 13.2 Å². The number of nitrogens with one attached hydrogen (secondary N) is 1. The molecule has 0 bridgehead atoms. The fourth-order valence-corrected chi connectivity index (χ4v) is 1.57. The highest BCUT2D eigenvalue weighted by atomic mass is 19.4. The van der Waals surface area contributed by atoms with Gasteiger partial charge in [0.2, 0.25) is 0 Å². The molecule has 0 unspecified atom stereocenters. The molecule has 1 N–H and O–H groups in total. The zero-order valence-corrected chi connectivity index (χ0v) is 10.6. The van der Waals surface area contributed by atoms with Crippen molar-refractivity contribution >= 4 is 6.08 Å². The van der Waals surface area contributed by atoms with E-state index in [-0.39, 0.29) is 5.56 Å². The van der Waals surface area contributed by atoms with E-state index in [4.69, 9.17) is 0 Å². The van der Waals surface area contributed by atoms with Gasteiger partial charge in [0.1, 0.15) is 0 Å². The predicted octanol–water partition coefficient (Wildman–Crippen LogP) is 4.11. The summed E-state index contributed by atoms with van der Waals surface area (Å²) in [6, 6.07) is 5.99. The molecule has 0 atom stereocenters. The van der Waals surface area contributed by atoms with Gasteiger partial charge >= 0.3 is 6.18 Å². The van der Waals surface area contributed by atoms with Gasteiger partial charge in [-0.25, -0.2) is 0 Å². The predicted molar refractivity (Wildman–Crippen MR) is 68.2 cm³/mol. The fraction of sp³-hybridized carbons (Fsp3) is 0.429.